The van der Waals surface area contributed by atoms with Crippen LogP contribution in [-0.2, 0) is 36.8 Å². The fourth-order valence-electron chi connectivity index (χ4n) is 9.57. The number of halogens is 4. The number of ether oxygens (including phenoxy) is 4. The van der Waals surface area contributed by atoms with Crippen molar-refractivity contribution in [2.24, 2.45) is 5.92 Å². The number of amides is 1. The van der Waals surface area contributed by atoms with Gasteiger partial charge in [0.2, 0.25) is 6.54 Å². The van der Waals surface area contributed by atoms with E-state index in [0.717, 1.165) is 36.1 Å². The molecular weight excluding hydrogens is 855 g/mol. The molecule has 4 aromatic rings. The number of carbonyl (C=O) groups excluding carboxylic acids is 1. The van der Waals surface area contributed by atoms with Crippen LogP contribution in [0.5, 0.6) is 17.5 Å². The minimum atomic E-state index is -4.86. The Labute approximate surface area is 385 Å². The zero-order valence-corrected chi connectivity index (χ0v) is 39.2. The standard InChI is InChI=1S/C50H61F4N7O5/c1-31-23-40-41(56-47(65-30-35-11-10-20-58(35)7)57-46(40)59-21-22-61(36(29-59)26-55-6)48(62)66-49(3,4)5)25-39(31)43-44(50(52,53)54)32(2)24-42(45(43)51)60(27-33-12-16-37(63-8)17-13-33)28-34-14-18-38(64-9)19-15-34/h12-19,24,31,35-36,39H,10-11,20-23,25-30H2,1-5,7-9H3/t31?,35-,36?,39?/m0/s1. The summed E-state index contributed by atoms with van der Waals surface area (Å²) in [6.45, 7) is 18.9. The number of carbonyl (C=O) groups is 1. The molecule has 3 heterocycles. The third-order valence-corrected chi connectivity index (χ3v) is 13.0. The van der Waals surface area contributed by atoms with Gasteiger partial charge in [0, 0.05) is 49.9 Å². The number of anilines is 2. The molecule has 1 aromatic heterocycles. The van der Waals surface area contributed by atoms with Gasteiger partial charge in [-0.2, -0.15) is 23.1 Å². The summed E-state index contributed by atoms with van der Waals surface area (Å²) in [5.41, 5.74) is 0.727. The number of aryl methyl sites for hydroxylation is 1. The fourth-order valence-corrected chi connectivity index (χ4v) is 9.57. The second-order valence-corrected chi connectivity index (χ2v) is 18.8. The number of fused-ring (bicyclic) bond motifs is 1. The van der Waals surface area contributed by atoms with Crippen molar-refractivity contribution in [2.45, 2.75) is 103 Å². The predicted octanol–water partition coefficient (Wildman–Crippen LogP) is 9.50. The van der Waals surface area contributed by atoms with Crippen LogP contribution < -0.4 is 24.0 Å². The van der Waals surface area contributed by atoms with Crippen LogP contribution in [0.2, 0.25) is 0 Å². The maximum absolute atomic E-state index is 17.9. The first-order valence-corrected chi connectivity index (χ1v) is 22.6. The van der Waals surface area contributed by atoms with Crippen LogP contribution in [-0.4, -0.2) is 104 Å². The molecule has 0 N–H and O–H groups in total. The minimum Gasteiger partial charge on any atom is -0.497 e. The highest BCUT2D eigenvalue weighted by Crippen LogP contribution is 2.48. The molecule has 1 aliphatic carbocycles. The topological polar surface area (TPSA) is 97.1 Å². The van der Waals surface area contributed by atoms with Crippen LogP contribution in [0.25, 0.3) is 4.85 Å². The highest BCUT2D eigenvalue weighted by atomic mass is 19.4. The number of hydrogen-bond acceptors (Lipinski definition) is 10. The van der Waals surface area contributed by atoms with Gasteiger partial charge in [-0.05, 0) is 126 Å². The van der Waals surface area contributed by atoms with Gasteiger partial charge in [0.05, 0.1) is 31.2 Å². The van der Waals surface area contributed by atoms with Crippen LogP contribution in [0.3, 0.4) is 0 Å². The molecular formula is C50H61F4N7O5. The predicted molar refractivity (Wildman–Crippen MR) is 245 cm³/mol. The van der Waals surface area contributed by atoms with E-state index in [2.05, 4.69) is 9.74 Å². The van der Waals surface area contributed by atoms with Gasteiger partial charge in [-0.3, -0.25) is 4.90 Å². The number of aromatic nitrogens is 2. The summed E-state index contributed by atoms with van der Waals surface area (Å²) in [6.07, 6.45) is -3.17. The molecule has 12 nitrogen and oxygen atoms in total. The zero-order valence-electron chi connectivity index (χ0n) is 39.2. The second-order valence-electron chi connectivity index (χ2n) is 18.8. The van der Waals surface area contributed by atoms with Crippen LogP contribution in [0, 0.1) is 25.2 Å². The molecule has 66 heavy (non-hydrogen) atoms. The number of hydrogen-bond donors (Lipinski definition) is 0. The summed E-state index contributed by atoms with van der Waals surface area (Å²) in [6, 6.07) is 15.7. The number of likely N-dealkylation sites (tertiary alicyclic amines) is 1. The highest BCUT2D eigenvalue weighted by Gasteiger charge is 2.44. The molecule has 0 radical (unpaired) electrons. The number of piperazine rings is 1. The van der Waals surface area contributed by atoms with Crippen molar-refractivity contribution >= 4 is 17.6 Å². The minimum absolute atomic E-state index is 0.00504. The number of rotatable bonds is 13. The molecule has 3 aliphatic rings. The number of benzene rings is 3. The molecule has 4 atom stereocenters. The molecule has 1 amide bonds. The first kappa shape index (κ1) is 48.1. The Bertz CT molecular complexity index is 2340. The molecule has 0 spiro atoms. The SMILES string of the molecule is [C-]#[N+]CC1CN(c2nc(OC[C@@H]3CCCN3C)nc3c2CC(C)C(c2c(F)c(N(Cc4ccc(OC)cc4)Cc4ccc(OC)cc4)cc(C)c2C(F)(F)F)C3)CCN1C(=O)OC(C)(C)C. The van der Waals surface area contributed by atoms with Gasteiger partial charge < -0.3 is 38.5 Å². The number of methoxy groups -OCH3 is 2. The van der Waals surface area contributed by atoms with Crippen molar-refractivity contribution in [3.63, 3.8) is 0 Å². The van der Waals surface area contributed by atoms with Gasteiger partial charge in [0.1, 0.15) is 35.6 Å². The number of nitrogens with zero attached hydrogens (tertiary/aromatic N) is 7. The van der Waals surface area contributed by atoms with E-state index in [1.807, 2.05) is 43.1 Å². The van der Waals surface area contributed by atoms with E-state index in [4.69, 9.17) is 35.5 Å². The van der Waals surface area contributed by atoms with Crippen molar-refractivity contribution in [1.82, 2.24) is 19.8 Å². The third kappa shape index (κ3) is 10.9. The first-order chi connectivity index (χ1) is 31.4. The van der Waals surface area contributed by atoms with E-state index in [-0.39, 0.29) is 74.4 Å². The Balaban J connectivity index is 1.30. The Hall–Kier alpha value is -5.82. The average molecular weight is 916 g/mol. The fraction of sp³-hybridized carbons (Fsp3) is 0.520. The normalized spacial score (nSPS) is 20.1. The quantitative estimate of drug-likeness (QED) is 0.0954. The van der Waals surface area contributed by atoms with Crippen molar-refractivity contribution in [2.75, 3.05) is 70.4 Å². The van der Waals surface area contributed by atoms with Gasteiger partial charge in [0.15, 0.2) is 5.82 Å². The van der Waals surface area contributed by atoms with Gasteiger partial charge in [-0.25, -0.2) is 15.8 Å². The van der Waals surface area contributed by atoms with E-state index in [9.17, 15) is 4.79 Å². The maximum atomic E-state index is 17.9. The number of alkyl halides is 3. The lowest BCUT2D eigenvalue weighted by atomic mass is 9.73. The monoisotopic (exact) mass is 915 g/mol. The molecule has 3 unspecified atom stereocenters. The lowest BCUT2D eigenvalue weighted by molar-refractivity contribution is -0.139. The van der Waals surface area contributed by atoms with Gasteiger partial charge in [-0.1, -0.05) is 31.2 Å². The van der Waals surface area contributed by atoms with Crippen molar-refractivity contribution < 1.29 is 41.3 Å². The van der Waals surface area contributed by atoms with E-state index < -0.39 is 47.1 Å². The Kier molecular flexibility index (Phi) is 14.6. The molecule has 3 aromatic carbocycles. The lowest BCUT2D eigenvalue weighted by Crippen LogP contribution is -2.57. The molecule has 0 saturated carbocycles. The van der Waals surface area contributed by atoms with Gasteiger partial charge in [-0.15, -0.1) is 0 Å². The maximum Gasteiger partial charge on any atom is 0.417 e. The molecule has 2 saturated heterocycles. The Morgan fingerprint density at radius 3 is 2.11 bits per heavy atom. The summed E-state index contributed by atoms with van der Waals surface area (Å²) in [5, 5.41) is 0. The highest BCUT2D eigenvalue weighted by molar-refractivity contribution is 5.69. The average Bonchev–Trinajstić information content (AvgIpc) is 3.69. The van der Waals surface area contributed by atoms with Gasteiger partial charge in [0.25, 0.3) is 0 Å². The van der Waals surface area contributed by atoms with Crippen LogP contribution in [0.4, 0.5) is 33.9 Å². The summed E-state index contributed by atoms with van der Waals surface area (Å²) >= 11 is 0. The largest absolute Gasteiger partial charge is 0.497 e. The third-order valence-electron chi connectivity index (χ3n) is 13.0. The van der Waals surface area contributed by atoms with E-state index in [1.165, 1.54) is 13.0 Å². The van der Waals surface area contributed by atoms with Crippen molar-refractivity contribution in [1.29, 1.82) is 0 Å². The molecule has 16 heteroatoms. The summed E-state index contributed by atoms with van der Waals surface area (Å²) < 4.78 is 87.0. The molecule has 354 valence electrons. The van der Waals surface area contributed by atoms with E-state index in [0.29, 0.717) is 36.2 Å². The van der Waals surface area contributed by atoms with E-state index in [1.54, 1.807) is 69.1 Å². The molecule has 0 bridgehead atoms. The second kappa shape index (κ2) is 20.0. The molecule has 7 rings (SSSR count). The zero-order chi connectivity index (χ0) is 47.5. The van der Waals surface area contributed by atoms with Crippen LogP contribution in [0.1, 0.15) is 85.5 Å². The number of likely N-dealkylation sites (N-methyl/N-ethyl adjacent to an activating group) is 1. The van der Waals surface area contributed by atoms with E-state index >= 15 is 17.6 Å². The molecule has 2 aliphatic heterocycles. The lowest BCUT2D eigenvalue weighted by Gasteiger charge is -2.42. The van der Waals surface area contributed by atoms with Gasteiger partial charge >= 0.3 is 18.3 Å². The first-order valence-electron chi connectivity index (χ1n) is 22.6. The summed E-state index contributed by atoms with van der Waals surface area (Å²) in [4.78, 5) is 34.4. The summed E-state index contributed by atoms with van der Waals surface area (Å²) in [7, 11) is 5.16. The smallest absolute Gasteiger partial charge is 0.417 e. The van der Waals surface area contributed by atoms with Crippen LogP contribution >= 0.6 is 0 Å². The summed E-state index contributed by atoms with van der Waals surface area (Å²) in [5.74, 6) is -0.502. The van der Waals surface area contributed by atoms with Crippen molar-refractivity contribution in [3.8, 4) is 17.5 Å². The van der Waals surface area contributed by atoms with Crippen molar-refractivity contribution in [3.05, 3.63) is 111 Å². The Morgan fingerprint density at radius 2 is 1.56 bits per heavy atom. The van der Waals surface area contributed by atoms with Crippen LogP contribution in [0.15, 0.2) is 54.6 Å². The molecule has 2 fully saturated rings. The Morgan fingerprint density at radius 1 is 0.924 bits per heavy atom.